The Kier molecular flexibility index (Phi) is 5.49. The molecule has 3 nitrogen and oxygen atoms in total. The highest BCUT2D eigenvalue weighted by Crippen LogP contribution is 2.35. The fourth-order valence-corrected chi connectivity index (χ4v) is 2.60. The largest absolute Gasteiger partial charge is 0.494 e. The van der Waals surface area contributed by atoms with Crippen LogP contribution >= 0.6 is 0 Å². The topological polar surface area (TPSA) is 46.5 Å². The molecule has 0 radical (unpaired) electrons. The number of hydrogen-bond acceptors (Lipinski definition) is 2. The fourth-order valence-electron chi connectivity index (χ4n) is 2.60. The van der Waals surface area contributed by atoms with Crippen molar-refractivity contribution in [2.75, 3.05) is 6.61 Å². The summed E-state index contributed by atoms with van der Waals surface area (Å²) >= 11 is 0. The van der Waals surface area contributed by atoms with Gasteiger partial charge in [-0.25, -0.2) is 4.79 Å². The summed E-state index contributed by atoms with van der Waals surface area (Å²) in [6.07, 6.45) is -4.33. The van der Waals surface area contributed by atoms with Crippen LogP contribution in [0.15, 0.2) is 42.5 Å². The zero-order valence-electron chi connectivity index (χ0n) is 13.1. The zero-order chi connectivity index (χ0) is 17.7. The Morgan fingerprint density at radius 3 is 2.29 bits per heavy atom. The molecule has 128 valence electrons. The second-order valence-corrected chi connectivity index (χ2v) is 5.18. The molecule has 0 aliphatic carbocycles. The third kappa shape index (κ3) is 4.07. The van der Waals surface area contributed by atoms with Crippen molar-refractivity contribution >= 4 is 5.97 Å². The van der Waals surface area contributed by atoms with Crippen molar-refractivity contribution in [3.63, 3.8) is 0 Å². The number of aromatic carboxylic acids is 1. The van der Waals surface area contributed by atoms with Crippen LogP contribution in [-0.2, 0) is 19.0 Å². The smallest absolute Gasteiger partial charge is 0.417 e. The van der Waals surface area contributed by atoms with Crippen LogP contribution in [0.4, 0.5) is 13.2 Å². The normalized spacial score (nSPS) is 11.3. The van der Waals surface area contributed by atoms with Crippen molar-refractivity contribution in [2.24, 2.45) is 0 Å². The van der Waals surface area contributed by atoms with Gasteiger partial charge in [-0.2, -0.15) is 13.2 Å². The van der Waals surface area contributed by atoms with Gasteiger partial charge in [0.2, 0.25) is 0 Å². The molecule has 0 unspecified atom stereocenters. The van der Waals surface area contributed by atoms with Crippen molar-refractivity contribution in [2.45, 2.75) is 25.9 Å². The Labute approximate surface area is 137 Å². The molecule has 6 heteroatoms. The number of aryl methyl sites for hydroxylation is 2. The van der Waals surface area contributed by atoms with Crippen LogP contribution in [0.2, 0.25) is 0 Å². The molecule has 0 fully saturated rings. The molecule has 2 aromatic carbocycles. The predicted molar refractivity (Wildman–Crippen MR) is 83.4 cm³/mol. The van der Waals surface area contributed by atoms with E-state index in [4.69, 9.17) is 9.84 Å². The Balaban J connectivity index is 2.34. The zero-order valence-corrected chi connectivity index (χ0v) is 13.1. The molecular formula is C18H17F3O3. The first-order valence-corrected chi connectivity index (χ1v) is 7.47. The first-order valence-electron chi connectivity index (χ1n) is 7.47. The highest BCUT2D eigenvalue weighted by Gasteiger charge is 2.37. The molecule has 1 N–H and O–H groups in total. The van der Waals surface area contributed by atoms with Crippen LogP contribution in [0.25, 0.3) is 0 Å². The lowest BCUT2D eigenvalue weighted by Gasteiger charge is -2.16. The maximum atomic E-state index is 13.3. The van der Waals surface area contributed by atoms with Crippen molar-refractivity contribution in [3.8, 4) is 5.75 Å². The van der Waals surface area contributed by atoms with E-state index in [0.29, 0.717) is 18.8 Å². The SMILES string of the molecule is CCOc1ccccc1CCc1cccc(C(=O)O)c1C(F)(F)F. The number of ether oxygens (including phenoxy) is 1. The van der Waals surface area contributed by atoms with E-state index in [2.05, 4.69) is 0 Å². The summed E-state index contributed by atoms with van der Waals surface area (Å²) in [5.74, 6) is -0.957. The molecular weight excluding hydrogens is 321 g/mol. The van der Waals surface area contributed by atoms with E-state index in [1.165, 1.54) is 12.1 Å². The number of rotatable bonds is 6. The van der Waals surface area contributed by atoms with Crippen LogP contribution in [0.1, 0.15) is 34.0 Å². The number of carboxylic acids is 1. The molecule has 0 saturated carbocycles. The Morgan fingerprint density at radius 2 is 1.67 bits per heavy atom. The monoisotopic (exact) mass is 338 g/mol. The first kappa shape index (κ1) is 17.8. The minimum Gasteiger partial charge on any atom is -0.494 e. The van der Waals surface area contributed by atoms with E-state index in [0.717, 1.165) is 11.6 Å². The van der Waals surface area contributed by atoms with Crippen LogP contribution in [0.3, 0.4) is 0 Å². The van der Waals surface area contributed by atoms with E-state index in [1.807, 2.05) is 6.92 Å². The van der Waals surface area contributed by atoms with E-state index in [9.17, 15) is 18.0 Å². The van der Waals surface area contributed by atoms with E-state index in [1.54, 1.807) is 24.3 Å². The Bertz CT molecular complexity index is 724. The summed E-state index contributed by atoms with van der Waals surface area (Å²) in [5.41, 5.74) is -1.05. The first-order chi connectivity index (χ1) is 11.3. The molecule has 0 aromatic heterocycles. The molecule has 2 aromatic rings. The minimum absolute atomic E-state index is 0.0336. The molecule has 0 aliphatic rings. The number of alkyl halides is 3. The number of benzene rings is 2. The lowest BCUT2D eigenvalue weighted by molar-refractivity contribution is -0.138. The van der Waals surface area contributed by atoms with Crippen molar-refractivity contribution in [1.29, 1.82) is 0 Å². The lowest BCUT2D eigenvalue weighted by Crippen LogP contribution is -2.16. The summed E-state index contributed by atoms with van der Waals surface area (Å²) in [7, 11) is 0. The number of halogens is 3. The predicted octanol–water partition coefficient (Wildman–Crippen LogP) is 4.59. The molecule has 0 heterocycles. The number of carboxylic acid groups (broad SMARTS) is 1. The molecule has 2 rings (SSSR count). The van der Waals surface area contributed by atoms with Gasteiger partial charge in [0.25, 0.3) is 0 Å². The number of carbonyl (C=O) groups is 1. The Hall–Kier alpha value is -2.50. The summed E-state index contributed by atoms with van der Waals surface area (Å²) in [6.45, 7) is 2.29. The average Bonchev–Trinajstić information content (AvgIpc) is 2.53. The lowest BCUT2D eigenvalue weighted by atomic mass is 9.95. The summed E-state index contributed by atoms with van der Waals surface area (Å²) < 4.78 is 45.4. The third-order valence-corrected chi connectivity index (χ3v) is 3.60. The second kappa shape index (κ2) is 7.38. The van der Waals surface area contributed by atoms with Crippen molar-refractivity contribution in [3.05, 3.63) is 64.7 Å². The van der Waals surface area contributed by atoms with Crippen molar-refractivity contribution < 1.29 is 27.8 Å². The molecule has 0 aliphatic heterocycles. The van der Waals surface area contributed by atoms with Crippen LogP contribution in [-0.4, -0.2) is 17.7 Å². The van der Waals surface area contributed by atoms with E-state index in [-0.39, 0.29) is 12.0 Å². The molecule has 0 atom stereocenters. The number of para-hydroxylation sites is 1. The van der Waals surface area contributed by atoms with Gasteiger partial charge in [-0.15, -0.1) is 0 Å². The average molecular weight is 338 g/mol. The van der Waals surface area contributed by atoms with E-state index >= 15 is 0 Å². The third-order valence-electron chi connectivity index (χ3n) is 3.60. The maximum Gasteiger partial charge on any atom is 0.417 e. The molecule has 0 amide bonds. The quantitative estimate of drug-likeness (QED) is 0.838. The van der Waals surface area contributed by atoms with Gasteiger partial charge in [0, 0.05) is 0 Å². The van der Waals surface area contributed by atoms with Gasteiger partial charge in [0.15, 0.2) is 0 Å². The van der Waals surface area contributed by atoms with Gasteiger partial charge >= 0.3 is 12.1 Å². The maximum absolute atomic E-state index is 13.3. The Morgan fingerprint density at radius 1 is 1.04 bits per heavy atom. The van der Waals surface area contributed by atoms with Crippen LogP contribution in [0, 0.1) is 0 Å². The highest BCUT2D eigenvalue weighted by atomic mass is 19.4. The molecule has 0 bridgehead atoms. The van der Waals surface area contributed by atoms with Gasteiger partial charge in [0.1, 0.15) is 5.75 Å². The van der Waals surface area contributed by atoms with E-state index < -0.39 is 23.3 Å². The number of hydrogen-bond donors (Lipinski definition) is 1. The van der Waals surface area contributed by atoms with Gasteiger partial charge in [-0.3, -0.25) is 0 Å². The second-order valence-electron chi connectivity index (χ2n) is 5.18. The minimum atomic E-state index is -4.72. The molecule has 24 heavy (non-hydrogen) atoms. The molecule has 0 spiro atoms. The summed E-state index contributed by atoms with van der Waals surface area (Å²) in [6, 6.07) is 10.8. The van der Waals surface area contributed by atoms with Gasteiger partial charge in [-0.05, 0) is 43.0 Å². The van der Waals surface area contributed by atoms with Crippen LogP contribution in [0.5, 0.6) is 5.75 Å². The molecule has 0 saturated heterocycles. The van der Waals surface area contributed by atoms with Gasteiger partial charge < -0.3 is 9.84 Å². The summed E-state index contributed by atoms with van der Waals surface area (Å²) in [5, 5.41) is 9.03. The van der Waals surface area contributed by atoms with Gasteiger partial charge in [-0.1, -0.05) is 30.3 Å². The summed E-state index contributed by atoms with van der Waals surface area (Å²) in [4.78, 5) is 11.1. The standard InChI is InChI=1S/C18H17F3O3/c1-2-24-15-9-4-3-6-12(15)10-11-13-7-5-8-14(17(22)23)16(13)18(19,20)21/h3-9H,2,10-11H2,1H3,(H,22,23). The van der Waals surface area contributed by atoms with Crippen LogP contribution < -0.4 is 4.74 Å². The highest BCUT2D eigenvalue weighted by molar-refractivity contribution is 5.90. The fraction of sp³-hybridized carbons (Fsp3) is 0.278. The van der Waals surface area contributed by atoms with Crippen molar-refractivity contribution in [1.82, 2.24) is 0 Å². The van der Waals surface area contributed by atoms with Gasteiger partial charge in [0.05, 0.1) is 17.7 Å².